The zero-order valence-corrected chi connectivity index (χ0v) is 13.2. The first-order valence-electron chi connectivity index (χ1n) is 7.73. The van der Waals surface area contributed by atoms with Gasteiger partial charge in [0.25, 0.3) is 0 Å². The third-order valence-corrected chi connectivity index (χ3v) is 3.87. The van der Waals surface area contributed by atoms with Gasteiger partial charge in [-0.15, -0.1) is 0 Å². The topological polar surface area (TPSA) is 43.1 Å². The average molecular weight is 296 g/mol. The van der Waals surface area contributed by atoms with Gasteiger partial charge in [-0.25, -0.2) is 0 Å². The van der Waals surface area contributed by atoms with Crippen LogP contribution in [-0.2, 0) is 6.42 Å². The van der Waals surface area contributed by atoms with Crippen molar-refractivity contribution in [3.63, 3.8) is 0 Å². The van der Waals surface area contributed by atoms with Gasteiger partial charge >= 0.3 is 0 Å². The Bertz CT molecular complexity index is 417. The summed E-state index contributed by atoms with van der Waals surface area (Å²) in [5, 5.41) is 0.671. The number of halogens is 1. The fourth-order valence-electron chi connectivity index (χ4n) is 2.46. The predicted molar refractivity (Wildman–Crippen MR) is 86.3 cm³/mol. The van der Waals surface area contributed by atoms with Crippen LogP contribution in [0, 0.1) is 0 Å². The highest BCUT2D eigenvalue weighted by atomic mass is 35.5. The van der Waals surface area contributed by atoms with Gasteiger partial charge in [0.05, 0.1) is 0 Å². The zero-order chi connectivity index (χ0) is 14.8. The SMILES string of the molecule is CCCCCCCCCCc1cc(Cl)ccc1C(N)=O. The Labute approximate surface area is 127 Å². The molecule has 0 radical (unpaired) electrons. The Hall–Kier alpha value is -1.02. The van der Waals surface area contributed by atoms with Crippen molar-refractivity contribution in [2.45, 2.75) is 64.7 Å². The van der Waals surface area contributed by atoms with E-state index in [1.807, 2.05) is 6.07 Å². The molecule has 0 saturated heterocycles. The van der Waals surface area contributed by atoms with Crippen LogP contribution in [0.4, 0.5) is 0 Å². The normalized spacial score (nSPS) is 10.7. The van der Waals surface area contributed by atoms with Crippen LogP contribution in [-0.4, -0.2) is 5.91 Å². The van der Waals surface area contributed by atoms with E-state index in [9.17, 15) is 4.79 Å². The smallest absolute Gasteiger partial charge is 0.248 e. The molecule has 0 atom stereocenters. The fourth-order valence-corrected chi connectivity index (χ4v) is 2.65. The van der Waals surface area contributed by atoms with E-state index in [0.717, 1.165) is 18.4 Å². The van der Waals surface area contributed by atoms with Crippen LogP contribution in [0.5, 0.6) is 0 Å². The van der Waals surface area contributed by atoms with E-state index in [2.05, 4.69) is 6.92 Å². The van der Waals surface area contributed by atoms with Gasteiger partial charge in [0.15, 0.2) is 0 Å². The zero-order valence-electron chi connectivity index (χ0n) is 12.5. The minimum absolute atomic E-state index is 0.365. The van der Waals surface area contributed by atoms with Crippen LogP contribution in [0.1, 0.15) is 74.2 Å². The van der Waals surface area contributed by atoms with E-state index in [4.69, 9.17) is 17.3 Å². The molecule has 112 valence electrons. The number of carbonyl (C=O) groups excluding carboxylic acids is 1. The number of aryl methyl sites for hydroxylation is 1. The number of hydrogen-bond acceptors (Lipinski definition) is 1. The van der Waals surface area contributed by atoms with Crippen LogP contribution in [0.25, 0.3) is 0 Å². The molecule has 1 rings (SSSR count). The van der Waals surface area contributed by atoms with Gasteiger partial charge in [0, 0.05) is 10.6 Å². The van der Waals surface area contributed by atoms with Gasteiger partial charge in [0.1, 0.15) is 0 Å². The lowest BCUT2D eigenvalue weighted by atomic mass is 10.00. The van der Waals surface area contributed by atoms with Crippen molar-refractivity contribution in [3.8, 4) is 0 Å². The maximum absolute atomic E-state index is 11.3. The first-order valence-corrected chi connectivity index (χ1v) is 8.11. The number of benzene rings is 1. The van der Waals surface area contributed by atoms with Gasteiger partial charge in [0.2, 0.25) is 5.91 Å². The standard InChI is InChI=1S/C17H26ClNO/c1-2-3-4-5-6-7-8-9-10-14-13-15(18)11-12-16(14)17(19)20/h11-13H,2-10H2,1H3,(H2,19,20). The molecule has 0 aliphatic carbocycles. The van der Waals surface area contributed by atoms with E-state index in [1.54, 1.807) is 12.1 Å². The molecule has 0 bridgehead atoms. The first kappa shape index (κ1) is 17.0. The van der Waals surface area contributed by atoms with Crippen LogP contribution < -0.4 is 5.73 Å². The number of nitrogens with two attached hydrogens (primary N) is 1. The number of primary amides is 1. The lowest BCUT2D eigenvalue weighted by Gasteiger charge is -2.07. The summed E-state index contributed by atoms with van der Waals surface area (Å²) in [6.45, 7) is 2.24. The minimum Gasteiger partial charge on any atom is -0.366 e. The Morgan fingerprint density at radius 1 is 1.05 bits per heavy atom. The highest BCUT2D eigenvalue weighted by molar-refractivity contribution is 6.30. The molecule has 0 aliphatic heterocycles. The summed E-state index contributed by atoms with van der Waals surface area (Å²) in [5.41, 5.74) is 6.97. The lowest BCUT2D eigenvalue weighted by molar-refractivity contribution is 0.0999. The molecule has 0 unspecified atom stereocenters. The third kappa shape index (κ3) is 6.42. The van der Waals surface area contributed by atoms with Crippen molar-refractivity contribution in [2.24, 2.45) is 5.73 Å². The van der Waals surface area contributed by atoms with Gasteiger partial charge in [-0.05, 0) is 36.6 Å². The van der Waals surface area contributed by atoms with Gasteiger partial charge < -0.3 is 5.73 Å². The number of rotatable bonds is 10. The molecule has 0 aromatic heterocycles. The maximum atomic E-state index is 11.3. The van der Waals surface area contributed by atoms with E-state index in [0.29, 0.717) is 10.6 Å². The second-order valence-corrected chi connectivity index (χ2v) is 5.83. The molecular formula is C17H26ClNO. The summed E-state index contributed by atoms with van der Waals surface area (Å²) in [4.78, 5) is 11.3. The molecular weight excluding hydrogens is 270 g/mol. The van der Waals surface area contributed by atoms with Crippen molar-refractivity contribution in [1.82, 2.24) is 0 Å². The van der Waals surface area contributed by atoms with Crippen molar-refractivity contribution in [3.05, 3.63) is 34.3 Å². The number of hydrogen-bond donors (Lipinski definition) is 1. The molecule has 0 spiro atoms. The predicted octanol–water partition coefficient (Wildman–Crippen LogP) is 5.12. The molecule has 2 N–H and O–H groups in total. The molecule has 1 aromatic rings. The molecule has 0 saturated carbocycles. The fraction of sp³-hybridized carbons (Fsp3) is 0.588. The van der Waals surface area contributed by atoms with Gasteiger partial charge in [-0.3, -0.25) is 4.79 Å². The van der Waals surface area contributed by atoms with Crippen molar-refractivity contribution < 1.29 is 4.79 Å². The maximum Gasteiger partial charge on any atom is 0.248 e. The van der Waals surface area contributed by atoms with E-state index in [-0.39, 0.29) is 5.91 Å². The van der Waals surface area contributed by atoms with Crippen molar-refractivity contribution in [2.75, 3.05) is 0 Å². The second kappa shape index (κ2) is 9.82. The molecule has 0 heterocycles. The molecule has 1 amide bonds. The Kier molecular flexibility index (Phi) is 8.36. The Balaban J connectivity index is 2.28. The number of amides is 1. The number of unbranched alkanes of at least 4 members (excludes halogenated alkanes) is 7. The first-order chi connectivity index (χ1) is 9.65. The summed E-state index contributed by atoms with van der Waals surface area (Å²) < 4.78 is 0. The van der Waals surface area contributed by atoms with E-state index in [1.165, 1.54) is 44.9 Å². The summed E-state index contributed by atoms with van der Waals surface area (Å²) in [5.74, 6) is -0.365. The van der Waals surface area contributed by atoms with Crippen molar-refractivity contribution in [1.29, 1.82) is 0 Å². The highest BCUT2D eigenvalue weighted by Gasteiger charge is 2.08. The van der Waals surface area contributed by atoms with Crippen LogP contribution in [0.3, 0.4) is 0 Å². The molecule has 1 aromatic carbocycles. The molecule has 0 fully saturated rings. The molecule has 3 heteroatoms. The largest absolute Gasteiger partial charge is 0.366 e. The third-order valence-electron chi connectivity index (χ3n) is 3.63. The monoisotopic (exact) mass is 295 g/mol. The average Bonchev–Trinajstić information content (AvgIpc) is 2.41. The summed E-state index contributed by atoms with van der Waals surface area (Å²) in [6.07, 6.45) is 11.1. The van der Waals surface area contributed by atoms with Crippen LogP contribution >= 0.6 is 11.6 Å². The van der Waals surface area contributed by atoms with E-state index < -0.39 is 0 Å². The van der Waals surface area contributed by atoms with Crippen LogP contribution in [0.15, 0.2) is 18.2 Å². The quantitative estimate of drug-likeness (QED) is 0.598. The van der Waals surface area contributed by atoms with Gasteiger partial charge in [-0.2, -0.15) is 0 Å². The minimum atomic E-state index is -0.365. The summed E-state index contributed by atoms with van der Waals surface area (Å²) >= 11 is 5.98. The molecule has 20 heavy (non-hydrogen) atoms. The Morgan fingerprint density at radius 3 is 2.25 bits per heavy atom. The van der Waals surface area contributed by atoms with Gasteiger partial charge in [-0.1, -0.05) is 63.5 Å². The van der Waals surface area contributed by atoms with Crippen molar-refractivity contribution >= 4 is 17.5 Å². The molecule has 0 aliphatic rings. The lowest BCUT2D eigenvalue weighted by Crippen LogP contribution is -2.13. The Morgan fingerprint density at radius 2 is 1.65 bits per heavy atom. The summed E-state index contributed by atoms with van der Waals surface area (Å²) in [6, 6.07) is 5.31. The van der Waals surface area contributed by atoms with Crippen LogP contribution in [0.2, 0.25) is 5.02 Å². The highest BCUT2D eigenvalue weighted by Crippen LogP contribution is 2.19. The van der Waals surface area contributed by atoms with E-state index >= 15 is 0 Å². The summed E-state index contributed by atoms with van der Waals surface area (Å²) in [7, 11) is 0. The molecule has 2 nitrogen and oxygen atoms in total. The number of carbonyl (C=O) groups is 1. The second-order valence-electron chi connectivity index (χ2n) is 5.39.